The second-order valence-corrected chi connectivity index (χ2v) is 6.66. The summed E-state index contributed by atoms with van der Waals surface area (Å²) in [4.78, 5) is 18.9. The van der Waals surface area contributed by atoms with Crippen LogP contribution in [0.4, 0.5) is 0 Å². The van der Waals surface area contributed by atoms with Gasteiger partial charge in [0.1, 0.15) is 0 Å². The van der Waals surface area contributed by atoms with Gasteiger partial charge in [0, 0.05) is 43.6 Å². The summed E-state index contributed by atoms with van der Waals surface area (Å²) in [6, 6.07) is 10.6. The van der Waals surface area contributed by atoms with E-state index in [1.807, 2.05) is 42.2 Å². The molecule has 1 aliphatic rings. The van der Waals surface area contributed by atoms with Gasteiger partial charge in [0.15, 0.2) is 11.7 Å². The maximum atomic E-state index is 12.5. The largest absolute Gasteiger partial charge is 0.440 e. The molecule has 0 radical (unpaired) electrons. The highest BCUT2D eigenvalue weighted by atomic mass is 16.4. The van der Waals surface area contributed by atoms with E-state index in [0.717, 1.165) is 30.1 Å². The second kappa shape index (κ2) is 7.18. The molecule has 1 aromatic heterocycles. The number of aryl methyl sites for hydroxylation is 2. The van der Waals surface area contributed by atoms with Crippen molar-refractivity contribution in [2.75, 3.05) is 13.1 Å². The Bertz CT molecular complexity index is 686. The van der Waals surface area contributed by atoms with Crippen LogP contribution in [-0.2, 0) is 11.2 Å². The number of aromatic nitrogens is 1. The van der Waals surface area contributed by atoms with E-state index in [1.54, 1.807) is 0 Å². The predicted octanol–water partition coefficient (Wildman–Crippen LogP) is 2.79. The molecule has 0 saturated carbocycles. The first-order valence-electron chi connectivity index (χ1n) is 8.58. The van der Waals surface area contributed by atoms with Gasteiger partial charge in [-0.2, -0.15) is 0 Å². The van der Waals surface area contributed by atoms with Gasteiger partial charge in [0.25, 0.3) is 0 Å². The summed E-state index contributed by atoms with van der Waals surface area (Å²) in [6.45, 7) is 7.70. The normalized spacial score (nSPS) is 21.0. The van der Waals surface area contributed by atoms with Gasteiger partial charge in [-0.15, -0.1) is 0 Å². The van der Waals surface area contributed by atoms with Crippen molar-refractivity contribution in [1.29, 1.82) is 0 Å². The summed E-state index contributed by atoms with van der Waals surface area (Å²) in [5.41, 5.74) is 1.89. The summed E-state index contributed by atoms with van der Waals surface area (Å²) in [5.74, 6) is 1.60. The molecule has 2 unspecified atom stereocenters. The van der Waals surface area contributed by atoms with Crippen molar-refractivity contribution in [2.45, 2.75) is 45.7 Å². The fourth-order valence-corrected chi connectivity index (χ4v) is 3.32. The van der Waals surface area contributed by atoms with Gasteiger partial charge in [-0.25, -0.2) is 4.98 Å². The van der Waals surface area contributed by atoms with Crippen molar-refractivity contribution >= 4 is 5.91 Å². The van der Waals surface area contributed by atoms with Crippen molar-refractivity contribution < 1.29 is 9.21 Å². The van der Waals surface area contributed by atoms with E-state index in [4.69, 9.17) is 4.42 Å². The van der Waals surface area contributed by atoms with E-state index in [-0.39, 0.29) is 5.91 Å². The average molecular weight is 327 g/mol. The smallest absolute Gasteiger partial charge is 0.223 e. The van der Waals surface area contributed by atoms with Gasteiger partial charge in [-0.3, -0.25) is 4.79 Å². The van der Waals surface area contributed by atoms with Crippen LogP contribution in [0.15, 0.2) is 34.7 Å². The van der Waals surface area contributed by atoms with Gasteiger partial charge in [0.05, 0.1) is 5.69 Å². The summed E-state index contributed by atoms with van der Waals surface area (Å²) >= 11 is 0. The number of hydrogen-bond donors (Lipinski definition) is 1. The summed E-state index contributed by atoms with van der Waals surface area (Å²) in [5, 5.41) is 3.44. The SMILES string of the molecule is Cc1nc(CCC(=O)N2CC(C)NC(C)C2)oc1-c1ccccc1. The van der Waals surface area contributed by atoms with Crippen molar-refractivity contribution in [2.24, 2.45) is 0 Å². The van der Waals surface area contributed by atoms with E-state index < -0.39 is 0 Å². The highest BCUT2D eigenvalue weighted by Gasteiger charge is 2.24. The minimum absolute atomic E-state index is 0.173. The molecule has 2 atom stereocenters. The second-order valence-electron chi connectivity index (χ2n) is 6.66. The lowest BCUT2D eigenvalue weighted by atomic mass is 10.1. The zero-order valence-electron chi connectivity index (χ0n) is 14.6. The Labute approximate surface area is 143 Å². The van der Waals surface area contributed by atoms with Crippen molar-refractivity contribution in [3.63, 3.8) is 0 Å². The monoisotopic (exact) mass is 327 g/mol. The molecule has 1 N–H and O–H groups in total. The molecule has 128 valence electrons. The predicted molar refractivity (Wildman–Crippen MR) is 93.6 cm³/mol. The third kappa shape index (κ3) is 3.85. The number of benzene rings is 1. The van der Waals surface area contributed by atoms with E-state index in [9.17, 15) is 4.79 Å². The molecule has 0 bridgehead atoms. The maximum absolute atomic E-state index is 12.5. The van der Waals surface area contributed by atoms with Crippen molar-refractivity contribution in [3.05, 3.63) is 41.9 Å². The van der Waals surface area contributed by atoms with Crippen LogP contribution >= 0.6 is 0 Å². The summed E-state index contributed by atoms with van der Waals surface area (Å²) < 4.78 is 5.89. The molecule has 2 heterocycles. The number of nitrogens with zero attached hydrogens (tertiary/aromatic N) is 2. The van der Waals surface area contributed by atoms with Crippen molar-refractivity contribution in [1.82, 2.24) is 15.2 Å². The summed E-state index contributed by atoms with van der Waals surface area (Å²) in [7, 11) is 0. The Morgan fingerprint density at radius 3 is 2.58 bits per heavy atom. The van der Waals surface area contributed by atoms with Crippen LogP contribution in [0.1, 0.15) is 31.9 Å². The Hall–Kier alpha value is -2.14. The van der Waals surface area contributed by atoms with Gasteiger partial charge < -0.3 is 14.6 Å². The number of rotatable bonds is 4. The standard InChI is InChI=1S/C19H25N3O2/c1-13-11-22(12-14(2)20-13)18(23)10-9-17-21-15(3)19(24-17)16-7-5-4-6-8-16/h4-8,13-14,20H,9-12H2,1-3H3. The third-order valence-electron chi connectivity index (χ3n) is 4.34. The van der Waals surface area contributed by atoms with Gasteiger partial charge in [-0.05, 0) is 20.8 Å². The van der Waals surface area contributed by atoms with Gasteiger partial charge in [0.2, 0.25) is 5.91 Å². The van der Waals surface area contributed by atoms with Crippen LogP contribution in [0.2, 0.25) is 0 Å². The molecule has 0 spiro atoms. The fourth-order valence-electron chi connectivity index (χ4n) is 3.32. The fraction of sp³-hybridized carbons (Fsp3) is 0.474. The van der Waals surface area contributed by atoms with Crippen LogP contribution in [0.3, 0.4) is 0 Å². The summed E-state index contributed by atoms with van der Waals surface area (Å²) in [6.07, 6.45) is 0.979. The third-order valence-corrected chi connectivity index (χ3v) is 4.34. The first-order chi connectivity index (χ1) is 11.5. The van der Waals surface area contributed by atoms with Crippen molar-refractivity contribution in [3.8, 4) is 11.3 Å². The zero-order chi connectivity index (χ0) is 17.1. The number of carbonyl (C=O) groups is 1. The molecule has 1 amide bonds. The van der Waals surface area contributed by atoms with E-state index in [0.29, 0.717) is 30.8 Å². The number of nitrogens with one attached hydrogen (secondary N) is 1. The van der Waals surface area contributed by atoms with Crippen LogP contribution in [0, 0.1) is 6.92 Å². The van der Waals surface area contributed by atoms with E-state index in [2.05, 4.69) is 24.1 Å². The van der Waals surface area contributed by atoms with E-state index >= 15 is 0 Å². The van der Waals surface area contributed by atoms with Gasteiger partial charge >= 0.3 is 0 Å². The molecule has 0 aliphatic carbocycles. The molecule has 5 nitrogen and oxygen atoms in total. The Kier molecular flexibility index (Phi) is 5.00. The molecular formula is C19H25N3O2. The molecule has 1 aliphatic heterocycles. The molecule has 2 aromatic rings. The quantitative estimate of drug-likeness (QED) is 0.938. The molecule has 1 aromatic carbocycles. The number of carbonyl (C=O) groups excluding carboxylic acids is 1. The van der Waals surface area contributed by atoms with Gasteiger partial charge in [-0.1, -0.05) is 30.3 Å². The first-order valence-corrected chi connectivity index (χ1v) is 8.58. The van der Waals surface area contributed by atoms with Crippen LogP contribution in [-0.4, -0.2) is 41.0 Å². The minimum Gasteiger partial charge on any atom is -0.440 e. The number of amides is 1. The zero-order valence-corrected chi connectivity index (χ0v) is 14.6. The molecule has 1 saturated heterocycles. The molecule has 24 heavy (non-hydrogen) atoms. The molecule has 3 rings (SSSR count). The Morgan fingerprint density at radius 2 is 1.92 bits per heavy atom. The van der Waals surface area contributed by atoms with Crippen LogP contribution in [0.25, 0.3) is 11.3 Å². The minimum atomic E-state index is 0.173. The lowest BCUT2D eigenvalue weighted by Gasteiger charge is -2.36. The molecular weight excluding hydrogens is 302 g/mol. The number of piperazine rings is 1. The lowest BCUT2D eigenvalue weighted by molar-refractivity contribution is -0.133. The Balaban J connectivity index is 1.62. The highest BCUT2D eigenvalue weighted by Crippen LogP contribution is 2.24. The highest BCUT2D eigenvalue weighted by molar-refractivity contribution is 5.76. The molecule has 1 fully saturated rings. The van der Waals surface area contributed by atoms with Crippen LogP contribution in [0.5, 0.6) is 0 Å². The van der Waals surface area contributed by atoms with E-state index in [1.165, 1.54) is 0 Å². The topological polar surface area (TPSA) is 58.4 Å². The number of hydrogen-bond acceptors (Lipinski definition) is 4. The number of oxazole rings is 1. The molecule has 5 heteroatoms. The first kappa shape index (κ1) is 16.7. The maximum Gasteiger partial charge on any atom is 0.223 e. The average Bonchev–Trinajstić information content (AvgIpc) is 2.93. The Morgan fingerprint density at radius 1 is 1.25 bits per heavy atom. The van der Waals surface area contributed by atoms with Crippen LogP contribution < -0.4 is 5.32 Å². The lowest BCUT2D eigenvalue weighted by Crippen LogP contribution is -2.55.